The zero-order valence-corrected chi connectivity index (χ0v) is 16.2. The molecule has 1 N–H and O–H groups in total. The van der Waals surface area contributed by atoms with Gasteiger partial charge in [0.1, 0.15) is 0 Å². The molecule has 3 aromatic rings. The summed E-state index contributed by atoms with van der Waals surface area (Å²) in [6.45, 7) is 6.06. The van der Waals surface area contributed by atoms with Crippen molar-refractivity contribution in [1.82, 2.24) is 14.5 Å². The van der Waals surface area contributed by atoms with Crippen molar-refractivity contribution in [2.24, 2.45) is 0 Å². The summed E-state index contributed by atoms with van der Waals surface area (Å²) in [7, 11) is 0. The molecule has 1 aliphatic rings. The lowest BCUT2D eigenvalue weighted by Gasteiger charge is -2.36. The molecule has 5 nitrogen and oxygen atoms in total. The number of aromatic nitrogens is 2. The second kappa shape index (κ2) is 7.59. The van der Waals surface area contributed by atoms with Crippen molar-refractivity contribution in [3.05, 3.63) is 64.1 Å². The monoisotopic (exact) mass is 404 g/mol. The van der Waals surface area contributed by atoms with Gasteiger partial charge in [0.15, 0.2) is 0 Å². The number of anilines is 1. The van der Waals surface area contributed by atoms with Crippen molar-refractivity contribution in [2.75, 3.05) is 37.6 Å². The van der Waals surface area contributed by atoms with E-state index in [1.807, 2.05) is 30.0 Å². The number of para-hydroxylation sites is 1. The van der Waals surface area contributed by atoms with Crippen molar-refractivity contribution in [1.29, 1.82) is 0 Å². The smallest absolute Gasteiger partial charge is 0.369 e. The third kappa shape index (κ3) is 4.03. The Morgan fingerprint density at radius 3 is 2.45 bits per heavy atom. The van der Waals surface area contributed by atoms with Crippen LogP contribution in [0.5, 0.6) is 0 Å². The Labute approximate surface area is 166 Å². The molecule has 1 fully saturated rings. The topological polar surface area (TPSA) is 44.3 Å². The first-order valence-corrected chi connectivity index (χ1v) is 9.65. The largest absolute Gasteiger partial charge is 0.416 e. The number of nitrogens with one attached hydrogen (secondary N) is 1. The Hall–Kier alpha value is -2.74. The quantitative estimate of drug-likeness (QED) is 0.724. The van der Waals surface area contributed by atoms with E-state index in [1.54, 1.807) is 10.6 Å². The van der Waals surface area contributed by atoms with Gasteiger partial charge in [0.2, 0.25) is 0 Å². The van der Waals surface area contributed by atoms with Crippen molar-refractivity contribution in [3.63, 3.8) is 0 Å². The highest BCUT2D eigenvalue weighted by atomic mass is 19.4. The lowest BCUT2D eigenvalue weighted by Crippen LogP contribution is -2.47. The normalized spacial score (nSPS) is 15.9. The van der Waals surface area contributed by atoms with E-state index in [1.165, 1.54) is 12.1 Å². The van der Waals surface area contributed by atoms with Crippen LogP contribution in [0.1, 0.15) is 11.1 Å². The number of hydrogen-bond acceptors (Lipinski definition) is 3. The third-order valence-electron chi connectivity index (χ3n) is 5.57. The molecule has 1 aliphatic heterocycles. The molecule has 0 spiro atoms. The van der Waals surface area contributed by atoms with E-state index in [2.05, 4.69) is 9.88 Å². The predicted octanol–water partition coefficient (Wildman–Crippen LogP) is 3.48. The molecule has 0 aliphatic carbocycles. The Kier molecular flexibility index (Phi) is 5.12. The Balaban J connectivity index is 1.38. The fraction of sp³-hybridized carbons (Fsp3) is 0.381. The predicted molar refractivity (Wildman–Crippen MR) is 107 cm³/mol. The van der Waals surface area contributed by atoms with Crippen LogP contribution in [0.3, 0.4) is 0 Å². The summed E-state index contributed by atoms with van der Waals surface area (Å²) in [6, 6.07) is 11.3. The number of benzene rings is 2. The van der Waals surface area contributed by atoms with Crippen molar-refractivity contribution in [2.45, 2.75) is 19.6 Å². The number of nitrogens with zero attached hydrogens (tertiary/aromatic N) is 3. The van der Waals surface area contributed by atoms with Gasteiger partial charge < -0.3 is 9.88 Å². The van der Waals surface area contributed by atoms with Gasteiger partial charge in [-0.25, -0.2) is 4.79 Å². The highest BCUT2D eigenvalue weighted by Gasteiger charge is 2.31. The summed E-state index contributed by atoms with van der Waals surface area (Å²) in [4.78, 5) is 19.4. The molecule has 2 aromatic carbocycles. The zero-order valence-electron chi connectivity index (χ0n) is 16.2. The fourth-order valence-corrected chi connectivity index (χ4v) is 3.90. The van der Waals surface area contributed by atoms with Gasteiger partial charge in [-0.3, -0.25) is 9.47 Å². The molecule has 29 heavy (non-hydrogen) atoms. The van der Waals surface area contributed by atoms with Crippen LogP contribution in [-0.2, 0) is 12.7 Å². The molecule has 0 atom stereocenters. The summed E-state index contributed by atoms with van der Waals surface area (Å²) in [5.74, 6) is 0. The van der Waals surface area contributed by atoms with Gasteiger partial charge in [0.05, 0.1) is 16.6 Å². The minimum atomic E-state index is -4.33. The summed E-state index contributed by atoms with van der Waals surface area (Å²) in [6.07, 6.45) is -4.33. The number of fused-ring (bicyclic) bond motifs is 1. The molecule has 154 valence electrons. The molecule has 1 aromatic heterocycles. The van der Waals surface area contributed by atoms with Gasteiger partial charge in [0.25, 0.3) is 0 Å². The lowest BCUT2D eigenvalue weighted by atomic mass is 10.1. The molecular formula is C21H23F3N4O. The van der Waals surface area contributed by atoms with E-state index < -0.39 is 11.7 Å². The summed E-state index contributed by atoms with van der Waals surface area (Å²) < 4.78 is 40.6. The number of alkyl halides is 3. The van der Waals surface area contributed by atoms with E-state index in [9.17, 15) is 18.0 Å². The molecule has 4 rings (SSSR count). The maximum Gasteiger partial charge on any atom is 0.416 e. The Morgan fingerprint density at radius 2 is 1.72 bits per heavy atom. The zero-order chi connectivity index (χ0) is 20.6. The minimum absolute atomic E-state index is 0.114. The van der Waals surface area contributed by atoms with Crippen LogP contribution in [0, 0.1) is 6.92 Å². The molecule has 0 amide bonds. The number of aromatic amines is 1. The van der Waals surface area contributed by atoms with Gasteiger partial charge in [-0.15, -0.1) is 0 Å². The minimum Gasteiger partial charge on any atom is -0.369 e. The third-order valence-corrected chi connectivity index (χ3v) is 5.57. The number of aryl methyl sites for hydroxylation is 1. The molecule has 0 radical (unpaired) electrons. The van der Waals surface area contributed by atoms with Gasteiger partial charge in [0, 0.05) is 45.0 Å². The highest BCUT2D eigenvalue weighted by molar-refractivity contribution is 5.78. The number of rotatable bonds is 4. The summed E-state index contributed by atoms with van der Waals surface area (Å²) in [5.41, 5.74) is 2.67. The molecule has 0 unspecified atom stereocenters. The highest BCUT2D eigenvalue weighted by Crippen LogP contribution is 2.31. The lowest BCUT2D eigenvalue weighted by molar-refractivity contribution is -0.137. The van der Waals surface area contributed by atoms with Gasteiger partial charge in [-0.2, -0.15) is 13.2 Å². The second-order valence-electron chi connectivity index (χ2n) is 7.43. The number of imidazole rings is 1. The van der Waals surface area contributed by atoms with E-state index >= 15 is 0 Å². The first-order chi connectivity index (χ1) is 13.8. The van der Waals surface area contributed by atoms with Crippen molar-refractivity contribution < 1.29 is 13.2 Å². The molecule has 0 saturated carbocycles. The molecule has 8 heteroatoms. The molecular weight excluding hydrogens is 381 g/mol. The maximum absolute atomic E-state index is 12.9. The Morgan fingerprint density at radius 1 is 1.00 bits per heavy atom. The van der Waals surface area contributed by atoms with Crippen LogP contribution in [-0.4, -0.2) is 47.2 Å². The average molecular weight is 404 g/mol. The first kappa shape index (κ1) is 19.6. The van der Waals surface area contributed by atoms with Crippen LogP contribution in [0.25, 0.3) is 11.0 Å². The summed E-state index contributed by atoms with van der Waals surface area (Å²) in [5, 5.41) is 0. The van der Waals surface area contributed by atoms with E-state index in [4.69, 9.17) is 0 Å². The van der Waals surface area contributed by atoms with Gasteiger partial charge in [-0.05, 0) is 36.8 Å². The van der Waals surface area contributed by atoms with Crippen LogP contribution in [0.15, 0.2) is 47.3 Å². The standard InChI is InChI=1S/C21H23F3N4O/c1-15-4-2-7-18-19(15)25-20(29)28(18)13-10-26-8-11-27(12-9-26)17-6-3-5-16(14-17)21(22,23)24/h2-7,14H,8-13H2,1H3,(H,25,29). The number of piperazine rings is 1. The van der Waals surface area contributed by atoms with Crippen molar-refractivity contribution >= 4 is 16.7 Å². The van der Waals surface area contributed by atoms with E-state index in [-0.39, 0.29) is 5.69 Å². The fourth-order valence-electron chi connectivity index (χ4n) is 3.90. The first-order valence-electron chi connectivity index (χ1n) is 9.65. The second-order valence-corrected chi connectivity index (χ2v) is 7.43. The molecule has 0 bridgehead atoms. The average Bonchev–Trinajstić information content (AvgIpc) is 3.03. The van der Waals surface area contributed by atoms with Gasteiger partial charge in [-0.1, -0.05) is 18.2 Å². The van der Waals surface area contributed by atoms with Crippen LogP contribution in [0.4, 0.5) is 18.9 Å². The number of hydrogen-bond donors (Lipinski definition) is 1. The van der Waals surface area contributed by atoms with E-state index in [0.717, 1.165) is 42.3 Å². The number of halogens is 3. The van der Waals surface area contributed by atoms with Crippen LogP contribution in [0.2, 0.25) is 0 Å². The van der Waals surface area contributed by atoms with Crippen LogP contribution >= 0.6 is 0 Å². The Bertz CT molecular complexity index is 1060. The van der Waals surface area contributed by atoms with Crippen molar-refractivity contribution in [3.8, 4) is 0 Å². The van der Waals surface area contributed by atoms with Crippen LogP contribution < -0.4 is 10.6 Å². The van der Waals surface area contributed by atoms with E-state index in [0.29, 0.717) is 25.3 Å². The summed E-state index contributed by atoms with van der Waals surface area (Å²) >= 11 is 0. The molecule has 2 heterocycles. The maximum atomic E-state index is 12.9. The number of H-pyrrole nitrogens is 1. The van der Waals surface area contributed by atoms with Gasteiger partial charge >= 0.3 is 11.9 Å². The molecule has 1 saturated heterocycles. The SMILES string of the molecule is Cc1cccc2c1[nH]c(=O)n2CCN1CCN(c2cccc(C(F)(F)F)c2)CC1.